The molecule has 3 unspecified atom stereocenters. The van der Waals surface area contributed by atoms with Crippen LogP contribution in [0.15, 0.2) is 23.4 Å². The molecular formula is C11H12N2O2. The van der Waals surface area contributed by atoms with Crippen LogP contribution in [0.5, 0.6) is 0 Å². The van der Waals surface area contributed by atoms with Crippen LogP contribution in [-0.4, -0.2) is 16.1 Å². The third kappa shape index (κ3) is 1.02. The molecule has 0 aliphatic heterocycles. The highest BCUT2D eigenvalue weighted by atomic mass is 16.4. The van der Waals surface area contributed by atoms with E-state index in [0.29, 0.717) is 11.8 Å². The van der Waals surface area contributed by atoms with Gasteiger partial charge in [0.15, 0.2) is 5.84 Å². The molecule has 1 saturated carbocycles. The molecule has 0 spiro atoms. The summed E-state index contributed by atoms with van der Waals surface area (Å²) in [7, 11) is 0. The lowest BCUT2D eigenvalue weighted by atomic mass is 9.98. The fourth-order valence-corrected chi connectivity index (χ4v) is 2.66. The summed E-state index contributed by atoms with van der Waals surface area (Å²) in [6.07, 6.45) is 0.653. The number of aliphatic hydroxyl groups excluding tert-OH is 1. The van der Waals surface area contributed by atoms with Gasteiger partial charge in [0.2, 0.25) is 0 Å². The van der Waals surface area contributed by atoms with Crippen LogP contribution in [0, 0.1) is 5.92 Å². The van der Waals surface area contributed by atoms with Gasteiger partial charge in [0.05, 0.1) is 6.10 Å². The molecule has 4 N–H and O–H groups in total. The zero-order valence-corrected chi connectivity index (χ0v) is 8.09. The predicted molar refractivity (Wildman–Crippen MR) is 54.8 cm³/mol. The van der Waals surface area contributed by atoms with Crippen molar-refractivity contribution in [3.05, 3.63) is 34.9 Å². The van der Waals surface area contributed by atoms with Gasteiger partial charge in [-0.2, -0.15) is 0 Å². The Bertz CT molecular complexity index is 456. The summed E-state index contributed by atoms with van der Waals surface area (Å²) in [5.74, 6) is 0.894. The number of rotatable bonds is 1. The van der Waals surface area contributed by atoms with Crippen molar-refractivity contribution in [3.63, 3.8) is 0 Å². The van der Waals surface area contributed by atoms with Gasteiger partial charge in [0.1, 0.15) is 0 Å². The molecule has 4 nitrogen and oxygen atoms in total. The van der Waals surface area contributed by atoms with Gasteiger partial charge in [0, 0.05) is 5.56 Å². The van der Waals surface area contributed by atoms with Crippen LogP contribution < -0.4 is 5.73 Å². The van der Waals surface area contributed by atoms with Gasteiger partial charge in [-0.15, -0.1) is 0 Å². The standard InChI is InChI=1S/C11H12N2O2/c12-11(13-15)6-3-1-2-5-9(6)7-4-8(7)10(5)14/h1-3,7-8,10,14-15H,4H2,(H2,12,13). The highest BCUT2D eigenvalue weighted by Crippen LogP contribution is 2.62. The van der Waals surface area contributed by atoms with Crippen molar-refractivity contribution >= 4 is 5.84 Å². The summed E-state index contributed by atoms with van der Waals surface area (Å²) >= 11 is 0. The fourth-order valence-electron chi connectivity index (χ4n) is 2.66. The van der Waals surface area contributed by atoms with Crippen molar-refractivity contribution in [3.8, 4) is 0 Å². The van der Waals surface area contributed by atoms with Gasteiger partial charge >= 0.3 is 0 Å². The van der Waals surface area contributed by atoms with Gasteiger partial charge in [-0.25, -0.2) is 0 Å². The molecular weight excluding hydrogens is 192 g/mol. The van der Waals surface area contributed by atoms with Crippen LogP contribution in [0.4, 0.5) is 0 Å². The van der Waals surface area contributed by atoms with E-state index < -0.39 is 0 Å². The van der Waals surface area contributed by atoms with Crippen molar-refractivity contribution in [2.75, 3.05) is 0 Å². The number of aliphatic hydroxyl groups is 1. The summed E-state index contributed by atoms with van der Waals surface area (Å²) in [6, 6.07) is 5.59. The third-order valence-corrected chi connectivity index (χ3v) is 3.46. The molecule has 15 heavy (non-hydrogen) atoms. The molecule has 3 atom stereocenters. The maximum atomic E-state index is 9.93. The fraction of sp³-hybridized carbons (Fsp3) is 0.364. The Balaban J connectivity index is 2.19. The lowest BCUT2D eigenvalue weighted by Gasteiger charge is -2.11. The zero-order valence-electron chi connectivity index (χ0n) is 8.09. The number of hydrogen-bond acceptors (Lipinski definition) is 3. The molecule has 0 bridgehead atoms. The van der Waals surface area contributed by atoms with Crippen LogP contribution in [0.2, 0.25) is 0 Å². The Hall–Kier alpha value is -1.55. The van der Waals surface area contributed by atoms with E-state index >= 15 is 0 Å². The van der Waals surface area contributed by atoms with E-state index in [1.54, 1.807) is 0 Å². The zero-order chi connectivity index (χ0) is 10.6. The minimum atomic E-state index is -0.364. The van der Waals surface area contributed by atoms with Crippen LogP contribution in [-0.2, 0) is 0 Å². The highest BCUT2D eigenvalue weighted by molar-refractivity contribution is 5.99. The number of benzene rings is 1. The molecule has 1 aromatic rings. The number of fused-ring (bicyclic) bond motifs is 3. The summed E-state index contributed by atoms with van der Waals surface area (Å²) in [5.41, 5.74) is 8.39. The van der Waals surface area contributed by atoms with Gasteiger partial charge in [0.25, 0.3) is 0 Å². The maximum absolute atomic E-state index is 9.93. The Labute approximate surface area is 87.0 Å². The van der Waals surface area contributed by atoms with E-state index in [-0.39, 0.29) is 11.9 Å². The van der Waals surface area contributed by atoms with Crippen LogP contribution >= 0.6 is 0 Å². The van der Waals surface area contributed by atoms with Crippen molar-refractivity contribution in [2.45, 2.75) is 18.4 Å². The molecule has 3 rings (SSSR count). The number of hydrogen-bond donors (Lipinski definition) is 3. The van der Waals surface area contributed by atoms with Gasteiger partial charge < -0.3 is 16.0 Å². The largest absolute Gasteiger partial charge is 0.409 e. The number of nitrogens with two attached hydrogens (primary N) is 1. The second-order valence-corrected chi connectivity index (χ2v) is 4.24. The molecule has 0 amide bonds. The predicted octanol–water partition coefficient (Wildman–Crippen LogP) is 0.932. The molecule has 0 radical (unpaired) electrons. The van der Waals surface area contributed by atoms with Crippen molar-refractivity contribution in [2.24, 2.45) is 16.8 Å². The van der Waals surface area contributed by atoms with Gasteiger partial charge in [-0.3, -0.25) is 0 Å². The van der Waals surface area contributed by atoms with Crippen LogP contribution in [0.25, 0.3) is 0 Å². The Morgan fingerprint density at radius 3 is 3.00 bits per heavy atom. The smallest absolute Gasteiger partial charge is 0.170 e. The quantitative estimate of drug-likeness (QED) is 0.275. The van der Waals surface area contributed by atoms with Crippen molar-refractivity contribution < 1.29 is 10.3 Å². The van der Waals surface area contributed by atoms with Gasteiger partial charge in [-0.1, -0.05) is 23.4 Å². The van der Waals surface area contributed by atoms with Gasteiger partial charge in [-0.05, 0) is 29.4 Å². The van der Waals surface area contributed by atoms with Crippen molar-refractivity contribution in [1.82, 2.24) is 0 Å². The Morgan fingerprint density at radius 2 is 2.27 bits per heavy atom. The molecule has 0 heterocycles. The molecule has 0 aromatic heterocycles. The minimum Gasteiger partial charge on any atom is -0.409 e. The Kier molecular flexibility index (Phi) is 1.59. The first-order chi connectivity index (χ1) is 7.24. The monoisotopic (exact) mass is 204 g/mol. The van der Waals surface area contributed by atoms with E-state index in [4.69, 9.17) is 10.9 Å². The first-order valence-electron chi connectivity index (χ1n) is 5.03. The van der Waals surface area contributed by atoms with Crippen LogP contribution in [0.1, 0.15) is 35.1 Å². The molecule has 4 heteroatoms. The normalized spacial score (nSPS) is 32.3. The number of nitrogens with zero attached hydrogens (tertiary/aromatic N) is 1. The number of amidine groups is 1. The lowest BCUT2D eigenvalue weighted by Crippen LogP contribution is -2.15. The molecule has 78 valence electrons. The second kappa shape index (κ2) is 2.73. The first kappa shape index (κ1) is 8.73. The third-order valence-electron chi connectivity index (χ3n) is 3.46. The summed E-state index contributed by atoms with van der Waals surface area (Å²) in [5, 5.41) is 21.6. The summed E-state index contributed by atoms with van der Waals surface area (Å²) in [6.45, 7) is 0. The minimum absolute atomic E-state index is 0.131. The maximum Gasteiger partial charge on any atom is 0.170 e. The molecule has 0 saturated heterocycles. The first-order valence-corrected chi connectivity index (χ1v) is 5.03. The van der Waals surface area contributed by atoms with E-state index in [1.807, 2.05) is 18.2 Å². The Morgan fingerprint density at radius 1 is 1.47 bits per heavy atom. The molecule has 1 aromatic carbocycles. The lowest BCUT2D eigenvalue weighted by molar-refractivity contribution is 0.160. The second-order valence-electron chi connectivity index (χ2n) is 4.24. The van der Waals surface area contributed by atoms with Crippen molar-refractivity contribution in [1.29, 1.82) is 0 Å². The topological polar surface area (TPSA) is 78.8 Å². The summed E-state index contributed by atoms with van der Waals surface area (Å²) in [4.78, 5) is 0. The van der Waals surface area contributed by atoms with E-state index in [9.17, 15) is 5.11 Å². The average molecular weight is 204 g/mol. The van der Waals surface area contributed by atoms with E-state index in [2.05, 4.69) is 5.16 Å². The molecule has 1 fully saturated rings. The SMILES string of the molecule is N/C(=N\O)c1cccc2c1C1CC1C2O. The average Bonchev–Trinajstić information content (AvgIpc) is 3.01. The highest BCUT2D eigenvalue weighted by Gasteiger charge is 2.52. The summed E-state index contributed by atoms with van der Waals surface area (Å²) < 4.78 is 0. The molecule has 2 aliphatic rings. The van der Waals surface area contributed by atoms with E-state index in [0.717, 1.165) is 23.1 Å². The molecule has 2 aliphatic carbocycles. The van der Waals surface area contributed by atoms with E-state index in [1.165, 1.54) is 0 Å². The number of oxime groups is 1. The van der Waals surface area contributed by atoms with Crippen LogP contribution in [0.3, 0.4) is 0 Å².